The number of aryl methyl sites for hydroxylation is 1. The molecule has 0 aliphatic heterocycles. The molecule has 1 aromatic heterocycles. The minimum absolute atomic E-state index is 0.0545. The summed E-state index contributed by atoms with van der Waals surface area (Å²) < 4.78 is 47.5. The Morgan fingerprint density at radius 2 is 1.89 bits per heavy atom. The van der Waals surface area contributed by atoms with Crippen LogP contribution < -0.4 is 10.1 Å². The van der Waals surface area contributed by atoms with Gasteiger partial charge in [0.15, 0.2) is 12.4 Å². The first-order valence-corrected chi connectivity index (χ1v) is 8.38. The molecule has 0 radical (unpaired) electrons. The van der Waals surface area contributed by atoms with Gasteiger partial charge in [0.2, 0.25) is 0 Å². The lowest BCUT2D eigenvalue weighted by molar-refractivity contribution is -0.147. The molecule has 1 N–H and O–H groups in total. The molecule has 0 atom stereocenters. The van der Waals surface area contributed by atoms with E-state index in [1.807, 2.05) is 0 Å². The van der Waals surface area contributed by atoms with Gasteiger partial charge in [0, 0.05) is 12.6 Å². The number of amides is 1. The van der Waals surface area contributed by atoms with Crippen molar-refractivity contribution in [2.24, 2.45) is 0 Å². The van der Waals surface area contributed by atoms with E-state index in [1.54, 1.807) is 31.4 Å². The molecular formula is C18H16ClF3N2O4. The van der Waals surface area contributed by atoms with E-state index in [4.69, 9.17) is 21.1 Å². The first kappa shape index (κ1) is 21.5. The molecule has 0 aliphatic carbocycles. The van der Waals surface area contributed by atoms with E-state index >= 15 is 0 Å². The number of nitrogens with one attached hydrogen (secondary N) is 1. The monoisotopic (exact) mass is 416 g/mol. The van der Waals surface area contributed by atoms with Crippen molar-refractivity contribution in [3.63, 3.8) is 0 Å². The van der Waals surface area contributed by atoms with Crippen molar-refractivity contribution in [1.82, 2.24) is 4.98 Å². The van der Waals surface area contributed by atoms with Gasteiger partial charge in [-0.25, -0.2) is 4.98 Å². The number of carbonyl (C=O) groups is 2. The number of rotatable bonds is 7. The van der Waals surface area contributed by atoms with Crippen LogP contribution in [0.2, 0.25) is 5.02 Å². The van der Waals surface area contributed by atoms with Crippen molar-refractivity contribution in [3.8, 4) is 5.75 Å². The van der Waals surface area contributed by atoms with Gasteiger partial charge in [-0.1, -0.05) is 23.7 Å². The van der Waals surface area contributed by atoms with E-state index < -0.39 is 30.2 Å². The first-order valence-electron chi connectivity index (χ1n) is 8.00. The van der Waals surface area contributed by atoms with Gasteiger partial charge in [-0.05, 0) is 30.2 Å². The van der Waals surface area contributed by atoms with E-state index in [0.29, 0.717) is 24.4 Å². The van der Waals surface area contributed by atoms with Crippen LogP contribution in [0.25, 0.3) is 0 Å². The SMILES string of the molecule is COc1ccc(CCC(=O)OCC(=O)Nc2ncc(C(F)(F)F)cc2Cl)cc1. The van der Waals surface area contributed by atoms with E-state index in [9.17, 15) is 22.8 Å². The predicted octanol–water partition coefficient (Wildman–Crippen LogP) is 3.88. The van der Waals surface area contributed by atoms with Crippen LogP contribution >= 0.6 is 11.6 Å². The van der Waals surface area contributed by atoms with E-state index in [2.05, 4.69) is 10.3 Å². The van der Waals surface area contributed by atoms with Crippen molar-refractivity contribution in [2.75, 3.05) is 19.0 Å². The third-order valence-corrected chi connectivity index (χ3v) is 3.86. The topological polar surface area (TPSA) is 77.5 Å². The number of hydrogen-bond donors (Lipinski definition) is 1. The summed E-state index contributed by atoms with van der Waals surface area (Å²) in [4.78, 5) is 27.0. The summed E-state index contributed by atoms with van der Waals surface area (Å²) in [7, 11) is 1.55. The maximum Gasteiger partial charge on any atom is 0.417 e. The Morgan fingerprint density at radius 1 is 1.21 bits per heavy atom. The second-order valence-electron chi connectivity index (χ2n) is 5.61. The molecule has 150 valence electrons. The highest BCUT2D eigenvalue weighted by Gasteiger charge is 2.31. The zero-order chi connectivity index (χ0) is 20.7. The van der Waals surface area contributed by atoms with Crippen LogP contribution in [0.15, 0.2) is 36.5 Å². The number of alkyl halides is 3. The average Bonchev–Trinajstić information content (AvgIpc) is 2.66. The molecule has 0 saturated carbocycles. The maximum atomic E-state index is 12.6. The number of hydrogen-bond acceptors (Lipinski definition) is 5. The standard InChI is InChI=1S/C18H16ClF3N2O4/c1-27-13-5-2-11(3-6-13)4-7-16(26)28-10-15(25)24-17-14(19)8-12(9-23-17)18(20,21)22/h2-3,5-6,8-9H,4,7,10H2,1H3,(H,23,24,25). The van der Waals surface area contributed by atoms with Gasteiger partial charge in [-0.3, -0.25) is 9.59 Å². The van der Waals surface area contributed by atoms with Crippen LogP contribution in [0, 0.1) is 0 Å². The number of anilines is 1. The van der Waals surface area contributed by atoms with Gasteiger partial charge in [-0.15, -0.1) is 0 Å². The molecule has 0 bridgehead atoms. The summed E-state index contributed by atoms with van der Waals surface area (Å²) >= 11 is 5.69. The highest BCUT2D eigenvalue weighted by molar-refractivity contribution is 6.33. The van der Waals surface area contributed by atoms with Crippen molar-refractivity contribution in [2.45, 2.75) is 19.0 Å². The lowest BCUT2D eigenvalue weighted by Crippen LogP contribution is -2.22. The molecule has 1 amide bonds. The molecule has 2 aromatic rings. The maximum absolute atomic E-state index is 12.6. The van der Waals surface area contributed by atoms with Crippen LogP contribution in [0.5, 0.6) is 5.75 Å². The molecule has 0 spiro atoms. The molecule has 2 rings (SSSR count). The van der Waals surface area contributed by atoms with Gasteiger partial charge < -0.3 is 14.8 Å². The fourth-order valence-corrected chi connectivity index (χ4v) is 2.32. The highest BCUT2D eigenvalue weighted by atomic mass is 35.5. The number of benzene rings is 1. The molecule has 1 heterocycles. The molecular weight excluding hydrogens is 401 g/mol. The van der Waals surface area contributed by atoms with Gasteiger partial charge in [0.1, 0.15) is 5.75 Å². The molecule has 10 heteroatoms. The second-order valence-corrected chi connectivity index (χ2v) is 6.02. The number of pyridine rings is 1. The zero-order valence-electron chi connectivity index (χ0n) is 14.7. The fraction of sp³-hybridized carbons (Fsp3) is 0.278. The number of esters is 1. The van der Waals surface area contributed by atoms with E-state index in [-0.39, 0.29) is 17.3 Å². The van der Waals surface area contributed by atoms with Gasteiger partial charge in [0.25, 0.3) is 5.91 Å². The van der Waals surface area contributed by atoms with Crippen molar-refractivity contribution in [1.29, 1.82) is 0 Å². The normalized spacial score (nSPS) is 11.0. The van der Waals surface area contributed by atoms with Gasteiger partial charge in [0.05, 0.1) is 17.7 Å². The summed E-state index contributed by atoms with van der Waals surface area (Å²) in [6.07, 6.45) is -3.59. The number of methoxy groups -OCH3 is 1. The number of carbonyl (C=O) groups excluding carboxylic acids is 2. The Kier molecular flexibility index (Phi) is 7.22. The zero-order valence-corrected chi connectivity index (χ0v) is 15.4. The van der Waals surface area contributed by atoms with Crippen LogP contribution in [0.1, 0.15) is 17.5 Å². The Morgan fingerprint density at radius 3 is 2.46 bits per heavy atom. The smallest absolute Gasteiger partial charge is 0.417 e. The summed E-state index contributed by atoms with van der Waals surface area (Å²) in [5, 5.41) is 1.81. The lowest BCUT2D eigenvalue weighted by atomic mass is 10.1. The third kappa shape index (κ3) is 6.41. The fourth-order valence-electron chi connectivity index (χ4n) is 2.11. The summed E-state index contributed by atoms with van der Waals surface area (Å²) in [6.45, 7) is -0.611. The Balaban J connectivity index is 1.79. The molecule has 6 nitrogen and oxygen atoms in total. The number of aromatic nitrogens is 1. The Bertz CT molecular complexity index is 842. The van der Waals surface area contributed by atoms with Crippen LogP contribution in [0.3, 0.4) is 0 Å². The van der Waals surface area contributed by atoms with Crippen LogP contribution in [-0.4, -0.2) is 30.6 Å². The largest absolute Gasteiger partial charge is 0.497 e. The van der Waals surface area contributed by atoms with Crippen molar-refractivity contribution >= 4 is 29.3 Å². The summed E-state index contributed by atoms with van der Waals surface area (Å²) in [5.74, 6) is -0.933. The molecule has 0 aliphatic rings. The molecule has 0 fully saturated rings. The van der Waals surface area contributed by atoms with Crippen LogP contribution in [0.4, 0.5) is 19.0 Å². The lowest BCUT2D eigenvalue weighted by Gasteiger charge is -2.10. The van der Waals surface area contributed by atoms with Crippen molar-refractivity contribution in [3.05, 3.63) is 52.7 Å². The van der Waals surface area contributed by atoms with E-state index in [0.717, 1.165) is 5.56 Å². The van der Waals surface area contributed by atoms with Crippen LogP contribution in [-0.2, 0) is 26.9 Å². The number of nitrogens with zero attached hydrogens (tertiary/aromatic N) is 1. The van der Waals surface area contributed by atoms with E-state index in [1.165, 1.54) is 0 Å². The van der Waals surface area contributed by atoms with Gasteiger partial charge >= 0.3 is 12.1 Å². The Hall–Kier alpha value is -2.81. The van der Waals surface area contributed by atoms with Gasteiger partial charge in [-0.2, -0.15) is 13.2 Å². The second kappa shape index (κ2) is 9.41. The summed E-state index contributed by atoms with van der Waals surface area (Å²) in [6, 6.07) is 7.77. The average molecular weight is 417 g/mol. The molecule has 1 aromatic carbocycles. The highest BCUT2D eigenvalue weighted by Crippen LogP contribution is 2.32. The number of ether oxygens (including phenoxy) is 2. The minimum Gasteiger partial charge on any atom is -0.497 e. The Labute approximate surface area is 163 Å². The third-order valence-electron chi connectivity index (χ3n) is 3.57. The molecule has 28 heavy (non-hydrogen) atoms. The predicted molar refractivity (Wildman–Crippen MR) is 95.2 cm³/mol. The molecule has 0 saturated heterocycles. The summed E-state index contributed by atoms with van der Waals surface area (Å²) in [5.41, 5.74) is -0.150. The quantitative estimate of drug-likeness (QED) is 0.693. The first-order chi connectivity index (χ1) is 13.2. The van der Waals surface area contributed by atoms with Crippen molar-refractivity contribution < 1.29 is 32.2 Å². The minimum atomic E-state index is -4.60. The number of halogens is 4. The molecule has 0 unspecified atom stereocenters.